The molecular weight excluding hydrogens is 272 g/mol. The van der Waals surface area contributed by atoms with E-state index in [1.807, 2.05) is 0 Å². The third-order valence-corrected chi connectivity index (χ3v) is 4.48. The lowest BCUT2D eigenvalue weighted by Crippen LogP contribution is -2.54. The highest BCUT2D eigenvalue weighted by Crippen LogP contribution is 2.22. The molecule has 2 rings (SSSR count). The van der Waals surface area contributed by atoms with Gasteiger partial charge in [-0.25, -0.2) is 0 Å². The molecule has 3 nitrogen and oxygen atoms in total. The van der Waals surface area contributed by atoms with Gasteiger partial charge in [-0.15, -0.1) is 0 Å². The predicted molar refractivity (Wildman–Crippen MR) is 93.0 cm³/mol. The van der Waals surface area contributed by atoms with E-state index in [0.717, 1.165) is 39.1 Å². The van der Waals surface area contributed by atoms with Gasteiger partial charge in [-0.1, -0.05) is 45.0 Å². The predicted octanol–water partition coefficient (Wildman–Crippen LogP) is 2.91. The summed E-state index contributed by atoms with van der Waals surface area (Å²) in [6, 6.07) is 9.13. The zero-order valence-corrected chi connectivity index (χ0v) is 14.7. The zero-order chi connectivity index (χ0) is 16.2. The summed E-state index contributed by atoms with van der Waals surface area (Å²) in [5, 5.41) is 9.41. The van der Waals surface area contributed by atoms with Crippen molar-refractivity contribution in [3.05, 3.63) is 35.4 Å². The third kappa shape index (κ3) is 5.08. The third-order valence-electron chi connectivity index (χ3n) is 4.48. The van der Waals surface area contributed by atoms with Crippen LogP contribution in [0.3, 0.4) is 0 Å². The first kappa shape index (κ1) is 17.5. The highest BCUT2D eigenvalue weighted by atomic mass is 16.3. The van der Waals surface area contributed by atoms with E-state index in [-0.39, 0.29) is 6.61 Å². The molecule has 1 aliphatic heterocycles. The summed E-state index contributed by atoms with van der Waals surface area (Å²) < 4.78 is 0. The smallest absolute Gasteiger partial charge is 0.0446 e. The molecule has 1 N–H and O–H groups in total. The number of aryl methyl sites for hydroxylation is 1. The fourth-order valence-corrected chi connectivity index (χ4v) is 3.37. The van der Waals surface area contributed by atoms with E-state index in [4.69, 9.17) is 0 Å². The Morgan fingerprint density at radius 2 is 1.91 bits per heavy atom. The summed E-state index contributed by atoms with van der Waals surface area (Å²) in [6.07, 6.45) is 0.875. The van der Waals surface area contributed by atoms with Crippen LogP contribution in [0.4, 0.5) is 0 Å². The fourth-order valence-electron chi connectivity index (χ4n) is 3.37. The number of aliphatic hydroxyl groups is 1. The normalized spacial score (nSPS) is 21.2. The first-order chi connectivity index (χ1) is 10.4. The monoisotopic (exact) mass is 304 g/mol. The van der Waals surface area contributed by atoms with Crippen LogP contribution in [0.5, 0.6) is 0 Å². The van der Waals surface area contributed by atoms with Gasteiger partial charge < -0.3 is 5.11 Å². The van der Waals surface area contributed by atoms with Crippen LogP contribution in [0.1, 0.15) is 38.3 Å². The molecular formula is C19H32N2O. The molecule has 0 amide bonds. The van der Waals surface area contributed by atoms with Crippen molar-refractivity contribution >= 4 is 0 Å². The molecule has 1 fully saturated rings. The standard InChI is InChI=1S/C19H32N2O/c1-16-7-5-6-8-17(16)13-20-10-11-21(15-19(2,3)4)18(14-20)9-12-22/h5-8,18,22H,9-15H2,1-4H3/t18-/m1/s1. The molecule has 0 saturated carbocycles. The molecule has 0 bridgehead atoms. The van der Waals surface area contributed by atoms with Gasteiger partial charge in [-0.3, -0.25) is 9.80 Å². The fraction of sp³-hybridized carbons (Fsp3) is 0.684. The van der Waals surface area contributed by atoms with Crippen LogP contribution in [0.25, 0.3) is 0 Å². The molecule has 1 aromatic rings. The number of hydrogen-bond acceptors (Lipinski definition) is 3. The molecule has 1 heterocycles. The summed E-state index contributed by atoms with van der Waals surface area (Å²) in [5.41, 5.74) is 3.11. The summed E-state index contributed by atoms with van der Waals surface area (Å²) in [4.78, 5) is 5.12. The lowest BCUT2D eigenvalue weighted by molar-refractivity contribution is 0.0339. The Hall–Kier alpha value is -0.900. The molecule has 1 aliphatic rings. The van der Waals surface area contributed by atoms with Crippen molar-refractivity contribution in [1.29, 1.82) is 0 Å². The number of piperazine rings is 1. The molecule has 1 atom stereocenters. The van der Waals surface area contributed by atoms with Gasteiger partial charge >= 0.3 is 0 Å². The second kappa shape index (κ2) is 7.58. The molecule has 0 unspecified atom stereocenters. The van der Waals surface area contributed by atoms with E-state index >= 15 is 0 Å². The molecule has 124 valence electrons. The van der Waals surface area contributed by atoms with Gasteiger partial charge in [0.05, 0.1) is 0 Å². The SMILES string of the molecule is Cc1ccccc1CN1CCN(CC(C)(C)C)[C@H](CCO)C1. The second-order valence-electron chi connectivity index (χ2n) is 7.86. The molecule has 0 aromatic heterocycles. The van der Waals surface area contributed by atoms with Crippen molar-refractivity contribution in [2.24, 2.45) is 5.41 Å². The minimum atomic E-state index is 0.281. The molecule has 22 heavy (non-hydrogen) atoms. The minimum Gasteiger partial charge on any atom is -0.396 e. The van der Waals surface area contributed by atoms with Gasteiger partial charge in [0.15, 0.2) is 0 Å². The largest absolute Gasteiger partial charge is 0.396 e. The number of hydrogen-bond donors (Lipinski definition) is 1. The second-order valence-corrected chi connectivity index (χ2v) is 7.86. The van der Waals surface area contributed by atoms with E-state index in [1.54, 1.807) is 0 Å². The van der Waals surface area contributed by atoms with Crippen LogP contribution in [0, 0.1) is 12.3 Å². The number of rotatable bonds is 5. The Labute approximate surface area is 135 Å². The first-order valence-electron chi connectivity index (χ1n) is 8.51. The number of aliphatic hydroxyl groups excluding tert-OH is 1. The van der Waals surface area contributed by atoms with Gasteiger partial charge in [0, 0.05) is 45.4 Å². The first-order valence-corrected chi connectivity index (χ1v) is 8.51. The van der Waals surface area contributed by atoms with Crippen molar-refractivity contribution in [2.75, 3.05) is 32.8 Å². The quantitative estimate of drug-likeness (QED) is 0.906. The van der Waals surface area contributed by atoms with Crippen molar-refractivity contribution in [3.63, 3.8) is 0 Å². The summed E-state index contributed by atoms with van der Waals surface area (Å²) in [6.45, 7) is 14.8. The number of benzene rings is 1. The van der Waals surface area contributed by atoms with E-state index in [9.17, 15) is 5.11 Å². The van der Waals surface area contributed by atoms with Gasteiger partial charge in [-0.05, 0) is 29.9 Å². The van der Waals surface area contributed by atoms with Gasteiger partial charge in [-0.2, -0.15) is 0 Å². The van der Waals surface area contributed by atoms with Gasteiger partial charge in [0.2, 0.25) is 0 Å². The highest BCUT2D eigenvalue weighted by molar-refractivity contribution is 5.25. The highest BCUT2D eigenvalue weighted by Gasteiger charge is 2.29. The van der Waals surface area contributed by atoms with Crippen LogP contribution in [-0.4, -0.2) is 53.7 Å². The average molecular weight is 304 g/mol. The topological polar surface area (TPSA) is 26.7 Å². The van der Waals surface area contributed by atoms with Crippen LogP contribution in [0.2, 0.25) is 0 Å². The summed E-state index contributed by atoms with van der Waals surface area (Å²) in [7, 11) is 0. The molecule has 3 heteroatoms. The van der Waals surface area contributed by atoms with Gasteiger partial charge in [0.1, 0.15) is 0 Å². The Bertz CT molecular complexity index is 467. The average Bonchev–Trinajstić information content (AvgIpc) is 2.43. The van der Waals surface area contributed by atoms with Crippen molar-refractivity contribution in [2.45, 2.75) is 46.7 Å². The lowest BCUT2D eigenvalue weighted by Gasteiger charge is -2.44. The van der Waals surface area contributed by atoms with E-state index < -0.39 is 0 Å². The maximum Gasteiger partial charge on any atom is 0.0446 e. The molecule has 0 spiro atoms. The molecule has 1 saturated heterocycles. The zero-order valence-electron chi connectivity index (χ0n) is 14.7. The van der Waals surface area contributed by atoms with E-state index in [1.165, 1.54) is 11.1 Å². The molecule has 0 radical (unpaired) electrons. The maximum absolute atomic E-state index is 9.41. The van der Waals surface area contributed by atoms with Crippen LogP contribution in [0.15, 0.2) is 24.3 Å². The maximum atomic E-state index is 9.41. The molecule has 1 aromatic carbocycles. The minimum absolute atomic E-state index is 0.281. The Kier molecular flexibility index (Phi) is 6.01. The van der Waals surface area contributed by atoms with Crippen molar-refractivity contribution in [1.82, 2.24) is 9.80 Å². The van der Waals surface area contributed by atoms with Crippen LogP contribution < -0.4 is 0 Å². The number of nitrogens with zero attached hydrogens (tertiary/aromatic N) is 2. The van der Waals surface area contributed by atoms with Crippen molar-refractivity contribution < 1.29 is 5.11 Å². The van der Waals surface area contributed by atoms with E-state index in [0.29, 0.717) is 11.5 Å². The Morgan fingerprint density at radius 1 is 1.18 bits per heavy atom. The van der Waals surface area contributed by atoms with Crippen molar-refractivity contribution in [3.8, 4) is 0 Å². The summed E-state index contributed by atoms with van der Waals surface area (Å²) in [5.74, 6) is 0. The van der Waals surface area contributed by atoms with E-state index in [2.05, 4.69) is 61.8 Å². The Morgan fingerprint density at radius 3 is 2.55 bits per heavy atom. The van der Waals surface area contributed by atoms with Crippen LogP contribution in [-0.2, 0) is 6.54 Å². The van der Waals surface area contributed by atoms with Gasteiger partial charge in [0.25, 0.3) is 0 Å². The van der Waals surface area contributed by atoms with Crippen LogP contribution >= 0.6 is 0 Å². The molecule has 0 aliphatic carbocycles. The summed E-state index contributed by atoms with van der Waals surface area (Å²) >= 11 is 0. The Balaban J connectivity index is 1.99. The lowest BCUT2D eigenvalue weighted by atomic mass is 9.94.